The second kappa shape index (κ2) is 4.81. The van der Waals surface area contributed by atoms with Crippen molar-refractivity contribution < 1.29 is 9.53 Å². The molecule has 0 unspecified atom stereocenters. The van der Waals surface area contributed by atoms with E-state index in [9.17, 15) is 4.79 Å². The van der Waals surface area contributed by atoms with Gasteiger partial charge in [0.1, 0.15) is 4.48 Å². The fraction of sp³-hybridized carbons (Fsp3) is 0.100. The maximum absolute atomic E-state index is 11.0. The summed E-state index contributed by atoms with van der Waals surface area (Å²) in [7, 11) is 1.33. The van der Waals surface area contributed by atoms with E-state index in [1.54, 1.807) is 12.1 Å². The van der Waals surface area contributed by atoms with Crippen LogP contribution in [0.5, 0.6) is 0 Å². The average molecular weight is 256 g/mol. The summed E-state index contributed by atoms with van der Waals surface area (Å²) < 4.78 is 4.87. The van der Waals surface area contributed by atoms with Crippen LogP contribution in [0.4, 0.5) is 5.69 Å². The lowest BCUT2D eigenvalue weighted by Gasteiger charge is -2.00. The summed E-state index contributed by atoms with van der Waals surface area (Å²) in [5, 5.41) is 0. The number of anilines is 1. The van der Waals surface area contributed by atoms with Crippen molar-refractivity contribution in [3.63, 3.8) is 0 Å². The number of halogens is 1. The molecule has 2 N–H and O–H groups in total. The minimum absolute atomic E-state index is 0.345. The zero-order chi connectivity index (χ0) is 10.6. The molecule has 0 bridgehead atoms. The van der Waals surface area contributed by atoms with Crippen molar-refractivity contribution in [1.29, 1.82) is 0 Å². The number of carbonyl (C=O) groups excluding carboxylic acids is 1. The minimum atomic E-state index is -0.423. The van der Waals surface area contributed by atoms with Crippen LogP contribution in [0.2, 0.25) is 0 Å². The average Bonchev–Trinajstić information content (AvgIpc) is 2.20. The van der Waals surface area contributed by atoms with Crippen molar-refractivity contribution in [3.8, 4) is 0 Å². The molecule has 0 amide bonds. The maximum atomic E-state index is 11.0. The lowest BCUT2D eigenvalue weighted by atomic mass is 10.2. The van der Waals surface area contributed by atoms with Crippen LogP contribution in [0.1, 0.15) is 5.56 Å². The molecule has 0 fully saturated rings. The SMILES string of the molecule is COC(=O)/C(Br)=C/c1ccccc1N. The van der Waals surface area contributed by atoms with Gasteiger partial charge in [-0.25, -0.2) is 4.79 Å². The summed E-state index contributed by atoms with van der Waals surface area (Å²) in [4.78, 5) is 11.0. The molecule has 0 aromatic heterocycles. The van der Waals surface area contributed by atoms with Gasteiger partial charge in [-0.2, -0.15) is 0 Å². The molecule has 74 valence electrons. The number of esters is 1. The quantitative estimate of drug-likeness (QED) is 0.501. The Morgan fingerprint density at radius 2 is 2.14 bits per heavy atom. The van der Waals surface area contributed by atoms with Gasteiger partial charge in [0, 0.05) is 5.69 Å². The Bertz CT molecular complexity index is 374. The number of nitrogen functional groups attached to an aromatic ring is 1. The number of hydrogen-bond acceptors (Lipinski definition) is 3. The van der Waals surface area contributed by atoms with Gasteiger partial charge in [-0.15, -0.1) is 0 Å². The Balaban J connectivity index is 2.97. The number of hydrogen-bond donors (Lipinski definition) is 1. The van der Waals surface area contributed by atoms with Gasteiger partial charge in [-0.1, -0.05) is 18.2 Å². The highest BCUT2D eigenvalue weighted by Gasteiger charge is 2.05. The molecular weight excluding hydrogens is 246 g/mol. The molecule has 1 aromatic rings. The highest BCUT2D eigenvalue weighted by atomic mass is 79.9. The third kappa shape index (κ3) is 2.60. The first kappa shape index (κ1) is 10.8. The molecule has 1 rings (SSSR count). The summed E-state index contributed by atoms with van der Waals surface area (Å²) in [5.74, 6) is -0.423. The molecule has 0 saturated carbocycles. The van der Waals surface area contributed by atoms with Crippen molar-refractivity contribution in [2.24, 2.45) is 0 Å². The van der Waals surface area contributed by atoms with Gasteiger partial charge in [0.05, 0.1) is 7.11 Å². The summed E-state index contributed by atoms with van der Waals surface area (Å²) in [6.07, 6.45) is 1.63. The Morgan fingerprint density at radius 1 is 1.50 bits per heavy atom. The van der Waals surface area contributed by atoms with Crippen molar-refractivity contribution in [2.75, 3.05) is 12.8 Å². The van der Waals surface area contributed by atoms with E-state index in [1.807, 2.05) is 18.2 Å². The lowest BCUT2D eigenvalue weighted by molar-refractivity contribution is -0.135. The van der Waals surface area contributed by atoms with Gasteiger partial charge >= 0.3 is 5.97 Å². The van der Waals surface area contributed by atoms with Gasteiger partial charge in [-0.05, 0) is 33.6 Å². The first-order valence-corrected chi connectivity index (χ1v) is 4.74. The topological polar surface area (TPSA) is 52.3 Å². The zero-order valence-corrected chi connectivity index (χ0v) is 9.24. The van der Waals surface area contributed by atoms with Crippen LogP contribution in [0.15, 0.2) is 28.7 Å². The number of rotatable bonds is 2. The Kier molecular flexibility index (Phi) is 3.71. The van der Waals surface area contributed by atoms with Crippen molar-refractivity contribution in [2.45, 2.75) is 0 Å². The maximum Gasteiger partial charge on any atom is 0.344 e. The predicted molar refractivity (Wildman–Crippen MR) is 59.8 cm³/mol. The lowest BCUT2D eigenvalue weighted by Crippen LogP contribution is -1.99. The highest BCUT2D eigenvalue weighted by Crippen LogP contribution is 2.18. The molecule has 0 radical (unpaired) electrons. The van der Waals surface area contributed by atoms with E-state index in [0.717, 1.165) is 5.56 Å². The molecule has 1 aromatic carbocycles. The number of carbonyl (C=O) groups is 1. The number of benzene rings is 1. The van der Waals surface area contributed by atoms with E-state index in [2.05, 4.69) is 20.7 Å². The van der Waals surface area contributed by atoms with Crippen LogP contribution in [0, 0.1) is 0 Å². The van der Waals surface area contributed by atoms with Gasteiger partial charge in [0.15, 0.2) is 0 Å². The van der Waals surface area contributed by atoms with Gasteiger partial charge in [-0.3, -0.25) is 0 Å². The number of ether oxygens (including phenoxy) is 1. The molecule has 14 heavy (non-hydrogen) atoms. The summed E-state index contributed by atoms with van der Waals surface area (Å²) in [6, 6.07) is 7.27. The smallest absolute Gasteiger partial charge is 0.344 e. The van der Waals surface area contributed by atoms with Crippen LogP contribution in [0.25, 0.3) is 6.08 Å². The normalized spacial score (nSPS) is 11.1. The zero-order valence-electron chi connectivity index (χ0n) is 7.66. The van der Waals surface area contributed by atoms with E-state index in [4.69, 9.17) is 5.73 Å². The van der Waals surface area contributed by atoms with Crippen LogP contribution < -0.4 is 5.73 Å². The van der Waals surface area contributed by atoms with E-state index < -0.39 is 5.97 Å². The monoisotopic (exact) mass is 255 g/mol. The summed E-state index contributed by atoms with van der Waals surface area (Å²) >= 11 is 3.11. The third-order valence-electron chi connectivity index (χ3n) is 1.66. The number of nitrogens with two attached hydrogens (primary N) is 1. The summed E-state index contributed by atoms with van der Waals surface area (Å²) in [6.45, 7) is 0. The van der Waals surface area contributed by atoms with Gasteiger partial charge in [0.25, 0.3) is 0 Å². The Morgan fingerprint density at radius 3 is 2.71 bits per heavy atom. The standard InChI is InChI=1S/C10H10BrNO2/c1-14-10(13)8(11)6-7-4-2-3-5-9(7)12/h2-6H,12H2,1H3/b8-6-. The minimum Gasteiger partial charge on any atom is -0.465 e. The van der Waals surface area contributed by atoms with E-state index in [1.165, 1.54) is 7.11 Å². The molecule has 3 nitrogen and oxygen atoms in total. The fourth-order valence-electron chi connectivity index (χ4n) is 0.935. The largest absolute Gasteiger partial charge is 0.465 e. The molecule has 0 aliphatic carbocycles. The Hall–Kier alpha value is -1.29. The van der Waals surface area contributed by atoms with E-state index in [-0.39, 0.29) is 0 Å². The molecule has 0 spiro atoms. The van der Waals surface area contributed by atoms with Gasteiger partial charge in [0.2, 0.25) is 0 Å². The molecule has 4 heteroatoms. The number of methoxy groups -OCH3 is 1. The highest BCUT2D eigenvalue weighted by molar-refractivity contribution is 9.12. The third-order valence-corrected chi connectivity index (χ3v) is 2.21. The molecule has 0 aliphatic heterocycles. The summed E-state index contributed by atoms with van der Waals surface area (Å²) in [5.41, 5.74) is 7.09. The second-order valence-electron chi connectivity index (χ2n) is 2.61. The molecular formula is C10H10BrNO2. The van der Waals surface area contributed by atoms with Crippen molar-refractivity contribution in [1.82, 2.24) is 0 Å². The van der Waals surface area contributed by atoms with Crippen molar-refractivity contribution in [3.05, 3.63) is 34.3 Å². The van der Waals surface area contributed by atoms with Crippen LogP contribution in [-0.2, 0) is 9.53 Å². The van der Waals surface area contributed by atoms with Gasteiger partial charge < -0.3 is 10.5 Å². The first-order valence-electron chi connectivity index (χ1n) is 3.95. The molecule has 0 heterocycles. The van der Waals surface area contributed by atoms with Crippen LogP contribution >= 0.6 is 15.9 Å². The molecule has 0 saturated heterocycles. The predicted octanol–water partition coefficient (Wildman–Crippen LogP) is 2.18. The fourth-order valence-corrected chi connectivity index (χ4v) is 1.34. The number of para-hydroxylation sites is 1. The van der Waals surface area contributed by atoms with E-state index in [0.29, 0.717) is 10.2 Å². The second-order valence-corrected chi connectivity index (χ2v) is 3.47. The first-order chi connectivity index (χ1) is 6.65. The van der Waals surface area contributed by atoms with E-state index >= 15 is 0 Å². The van der Waals surface area contributed by atoms with Crippen molar-refractivity contribution >= 4 is 33.7 Å². The van der Waals surface area contributed by atoms with Crippen LogP contribution in [-0.4, -0.2) is 13.1 Å². The Labute approximate surface area is 90.7 Å². The molecule has 0 aliphatic rings. The van der Waals surface area contributed by atoms with Crippen LogP contribution in [0.3, 0.4) is 0 Å². The molecule has 0 atom stereocenters.